The van der Waals surface area contributed by atoms with Crippen LogP contribution in [0.3, 0.4) is 0 Å². The van der Waals surface area contributed by atoms with Crippen LogP contribution in [0.5, 0.6) is 0 Å². The molecule has 1 aromatic rings. The number of rotatable bonds is 6. The Morgan fingerprint density at radius 1 is 1.45 bits per heavy atom. The van der Waals surface area contributed by atoms with E-state index in [1.54, 1.807) is 18.2 Å². The van der Waals surface area contributed by atoms with Gasteiger partial charge >= 0.3 is 0 Å². The smallest absolute Gasteiger partial charge is 0.230 e. The zero-order valence-electron chi connectivity index (χ0n) is 10.8. The fourth-order valence-electron chi connectivity index (χ4n) is 1.85. The molecule has 0 radical (unpaired) electrons. The Hall–Kier alpha value is -0.130. The van der Waals surface area contributed by atoms with E-state index in [1.165, 1.54) is 11.8 Å². The first-order valence-corrected chi connectivity index (χ1v) is 7.91. The van der Waals surface area contributed by atoms with Crippen LogP contribution < -0.4 is 11.1 Å². The number of amides is 1. The van der Waals surface area contributed by atoms with Crippen molar-refractivity contribution < 1.29 is 4.79 Å². The highest BCUT2D eigenvalue weighted by Gasteiger charge is 2.31. The van der Waals surface area contributed by atoms with Gasteiger partial charge in [-0.25, -0.2) is 0 Å². The number of carbonyl (C=O) groups is 1. The molecule has 1 amide bonds. The van der Waals surface area contributed by atoms with E-state index in [0.717, 1.165) is 17.7 Å². The van der Waals surface area contributed by atoms with Crippen LogP contribution in [0.4, 0.5) is 0 Å². The number of thioether (sulfide) groups is 1. The maximum atomic E-state index is 11.9. The molecule has 3 nitrogen and oxygen atoms in total. The maximum Gasteiger partial charge on any atom is 0.230 e. The third kappa shape index (κ3) is 5.34. The second-order valence-electron chi connectivity index (χ2n) is 4.61. The van der Waals surface area contributed by atoms with Crippen LogP contribution >= 0.6 is 47.4 Å². The second-order valence-corrected chi connectivity index (χ2v) is 6.47. The van der Waals surface area contributed by atoms with E-state index < -0.39 is 0 Å². The molecule has 1 fully saturated rings. The summed E-state index contributed by atoms with van der Waals surface area (Å²) in [6, 6.07) is 5.34. The van der Waals surface area contributed by atoms with E-state index in [4.69, 9.17) is 28.9 Å². The average molecular weight is 356 g/mol. The fraction of sp³-hybridized carbons (Fsp3) is 0.462. The van der Waals surface area contributed by atoms with Gasteiger partial charge in [0.05, 0.1) is 10.8 Å². The molecule has 1 atom stereocenters. The molecule has 0 heterocycles. The molecule has 20 heavy (non-hydrogen) atoms. The van der Waals surface area contributed by atoms with Gasteiger partial charge in [0.25, 0.3) is 0 Å². The van der Waals surface area contributed by atoms with E-state index in [2.05, 4.69) is 5.32 Å². The summed E-state index contributed by atoms with van der Waals surface area (Å²) in [7, 11) is 0. The van der Waals surface area contributed by atoms with Crippen molar-refractivity contribution in [1.29, 1.82) is 0 Å². The summed E-state index contributed by atoms with van der Waals surface area (Å²) in [4.78, 5) is 12.7. The summed E-state index contributed by atoms with van der Waals surface area (Å²) in [6.45, 7) is 0.499. The Labute approximate surface area is 139 Å². The van der Waals surface area contributed by atoms with E-state index in [9.17, 15) is 4.79 Å². The van der Waals surface area contributed by atoms with Gasteiger partial charge in [0.1, 0.15) is 0 Å². The van der Waals surface area contributed by atoms with Crippen LogP contribution in [-0.2, 0) is 4.79 Å². The molecule has 2 rings (SSSR count). The predicted octanol–water partition coefficient (Wildman–Crippen LogP) is 3.36. The Balaban J connectivity index is 0.00000200. The molecular weight excluding hydrogens is 339 g/mol. The highest BCUT2D eigenvalue weighted by Crippen LogP contribution is 2.32. The summed E-state index contributed by atoms with van der Waals surface area (Å²) >= 11 is 13.3. The summed E-state index contributed by atoms with van der Waals surface area (Å²) in [5, 5.41) is 4.20. The van der Waals surface area contributed by atoms with Crippen LogP contribution in [0.15, 0.2) is 23.1 Å². The van der Waals surface area contributed by atoms with Gasteiger partial charge in [0, 0.05) is 22.5 Å². The van der Waals surface area contributed by atoms with Gasteiger partial charge < -0.3 is 11.1 Å². The SMILES string of the molecule is Cl.NCC(NC(=O)CSc1cc(Cl)ccc1Cl)C1CC1. The summed E-state index contributed by atoms with van der Waals surface area (Å²) in [6.07, 6.45) is 2.32. The molecule has 112 valence electrons. The van der Waals surface area contributed by atoms with Crippen molar-refractivity contribution in [2.45, 2.75) is 23.8 Å². The quantitative estimate of drug-likeness (QED) is 0.769. The molecule has 7 heteroatoms. The molecule has 1 saturated carbocycles. The van der Waals surface area contributed by atoms with E-state index in [1.807, 2.05) is 0 Å². The Morgan fingerprint density at radius 2 is 2.15 bits per heavy atom. The van der Waals surface area contributed by atoms with Gasteiger partial charge in [0.15, 0.2) is 0 Å². The standard InChI is InChI=1S/C13H16Cl2N2OS.ClH/c14-9-3-4-10(15)12(5-9)19-7-13(18)17-11(6-16)8-1-2-8;/h3-5,8,11H,1-2,6-7,16H2,(H,17,18);1H. The highest BCUT2D eigenvalue weighted by molar-refractivity contribution is 8.00. The fourth-order valence-corrected chi connectivity index (χ4v) is 3.15. The van der Waals surface area contributed by atoms with Gasteiger partial charge in [-0.2, -0.15) is 0 Å². The molecule has 1 aliphatic carbocycles. The first-order valence-electron chi connectivity index (χ1n) is 6.17. The first-order chi connectivity index (χ1) is 9.10. The molecule has 0 aliphatic heterocycles. The number of benzene rings is 1. The van der Waals surface area contributed by atoms with Crippen LogP contribution in [0, 0.1) is 5.92 Å². The lowest BCUT2D eigenvalue weighted by Gasteiger charge is -2.15. The van der Waals surface area contributed by atoms with Gasteiger partial charge in [-0.1, -0.05) is 23.2 Å². The van der Waals surface area contributed by atoms with Crippen LogP contribution in [0.2, 0.25) is 10.0 Å². The zero-order valence-corrected chi connectivity index (χ0v) is 13.9. The number of nitrogens with two attached hydrogens (primary N) is 1. The number of nitrogens with one attached hydrogen (secondary N) is 1. The number of hydrogen-bond donors (Lipinski definition) is 2. The van der Waals surface area contributed by atoms with E-state index in [-0.39, 0.29) is 24.4 Å². The molecule has 1 unspecified atom stereocenters. The Bertz CT molecular complexity index is 469. The van der Waals surface area contributed by atoms with Gasteiger partial charge in [-0.15, -0.1) is 24.2 Å². The Morgan fingerprint density at radius 3 is 2.75 bits per heavy atom. The first kappa shape index (κ1) is 17.9. The minimum atomic E-state index is -0.0107. The van der Waals surface area contributed by atoms with Crippen molar-refractivity contribution in [3.05, 3.63) is 28.2 Å². The molecule has 0 spiro atoms. The molecule has 0 aromatic heterocycles. The van der Waals surface area contributed by atoms with Gasteiger partial charge in [0.2, 0.25) is 5.91 Å². The zero-order chi connectivity index (χ0) is 13.8. The van der Waals surface area contributed by atoms with Crippen LogP contribution in [0.1, 0.15) is 12.8 Å². The summed E-state index contributed by atoms with van der Waals surface area (Å²) in [5.41, 5.74) is 5.65. The van der Waals surface area contributed by atoms with Crippen molar-refractivity contribution in [3.8, 4) is 0 Å². The Kier molecular flexibility index (Phi) is 7.48. The lowest BCUT2D eigenvalue weighted by Crippen LogP contribution is -2.42. The molecule has 3 N–H and O–H groups in total. The third-order valence-corrected chi connectivity index (χ3v) is 4.78. The largest absolute Gasteiger partial charge is 0.351 e. The number of halogens is 3. The van der Waals surface area contributed by atoms with E-state index in [0.29, 0.717) is 28.3 Å². The molecule has 0 saturated heterocycles. The molecular formula is C13H17Cl3N2OS. The topological polar surface area (TPSA) is 55.1 Å². The minimum Gasteiger partial charge on any atom is -0.351 e. The lowest BCUT2D eigenvalue weighted by molar-refractivity contribution is -0.119. The van der Waals surface area contributed by atoms with Crippen LogP contribution in [-0.4, -0.2) is 24.2 Å². The summed E-state index contributed by atoms with van der Waals surface area (Å²) in [5.74, 6) is 0.876. The van der Waals surface area contributed by atoms with Gasteiger partial charge in [-0.3, -0.25) is 4.79 Å². The average Bonchev–Trinajstić information content (AvgIpc) is 3.21. The maximum absolute atomic E-state index is 11.9. The molecule has 0 bridgehead atoms. The van der Waals surface area contributed by atoms with Crippen molar-refractivity contribution in [1.82, 2.24) is 5.32 Å². The van der Waals surface area contributed by atoms with Gasteiger partial charge in [-0.05, 0) is 37.0 Å². The lowest BCUT2D eigenvalue weighted by atomic mass is 10.2. The highest BCUT2D eigenvalue weighted by atomic mass is 35.5. The molecule has 1 aliphatic rings. The van der Waals surface area contributed by atoms with Crippen molar-refractivity contribution >= 4 is 53.3 Å². The minimum absolute atomic E-state index is 0. The monoisotopic (exact) mass is 354 g/mol. The van der Waals surface area contributed by atoms with E-state index >= 15 is 0 Å². The predicted molar refractivity (Wildman–Crippen MR) is 88.1 cm³/mol. The number of carbonyl (C=O) groups excluding carboxylic acids is 1. The van der Waals surface area contributed by atoms with Crippen molar-refractivity contribution in [2.75, 3.05) is 12.3 Å². The van der Waals surface area contributed by atoms with Crippen LogP contribution in [0.25, 0.3) is 0 Å². The third-order valence-electron chi connectivity index (χ3n) is 3.04. The van der Waals surface area contributed by atoms with Crippen molar-refractivity contribution in [2.24, 2.45) is 11.7 Å². The number of hydrogen-bond acceptors (Lipinski definition) is 3. The molecule has 1 aromatic carbocycles. The summed E-state index contributed by atoms with van der Waals surface area (Å²) < 4.78 is 0. The van der Waals surface area contributed by atoms with Crippen molar-refractivity contribution in [3.63, 3.8) is 0 Å². The second kappa shape index (κ2) is 8.35. The normalized spacial score (nSPS) is 15.3.